The van der Waals surface area contributed by atoms with E-state index in [0.717, 1.165) is 36.3 Å². The number of nitrogens with zero attached hydrogens (tertiary/aromatic N) is 1. The van der Waals surface area contributed by atoms with Crippen LogP contribution in [0.25, 0.3) is 10.6 Å². The Kier molecular flexibility index (Phi) is 3.87. The number of carbonyl (C=O) groups excluding carboxylic acids is 1. The van der Waals surface area contributed by atoms with Gasteiger partial charge in [0.25, 0.3) is 5.91 Å². The summed E-state index contributed by atoms with van der Waals surface area (Å²) in [6.45, 7) is 0.317. The summed E-state index contributed by atoms with van der Waals surface area (Å²) in [5.41, 5.74) is 0.758. The van der Waals surface area contributed by atoms with E-state index in [2.05, 4.69) is 10.3 Å². The Morgan fingerprint density at radius 3 is 2.90 bits per heavy atom. The van der Waals surface area contributed by atoms with Crippen LogP contribution in [0, 0.1) is 0 Å². The van der Waals surface area contributed by atoms with Gasteiger partial charge in [-0.1, -0.05) is 12.8 Å². The highest BCUT2D eigenvalue weighted by Crippen LogP contribution is 2.29. The van der Waals surface area contributed by atoms with Crippen LogP contribution in [0.2, 0.25) is 0 Å². The molecular formula is C14H16N2O2S2. The highest BCUT2D eigenvalue weighted by atomic mass is 32.1. The van der Waals surface area contributed by atoms with Gasteiger partial charge in [-0.2, -0.15) is 11.3 Å². The Bertz CT molecular complexity index is 586. The maximum Gasteiger partial charge on any atom is 0.270 e. The number of carbonyl (C=O) groups is 1. The average molecular weight is 308 g/mol. The minimum Gasteiger partial charge on any atom is -0.388 e. The standard InChI is InChI=1S/C14H16N2O2S2/c17-12(15-9-14(18)4-1-2-5-14)11-8-20-13(16-11)10-3-6-19-7-10/h3,6-8,18H,1-2,4-5,9H2,(H,15,17). The van der Waals surface area contributed by atoms with Gasteiger partial charge in [0.05, 0.1) is 5.60 Å². The van der Waals surface area contributed by atoms with Crippen molar-refractivity contribution in [3.05, 3.63) is 27.9 Å². The molecule has 2 heterocycles. The highest BCUT2D eigenvalue weighted by molar-refractivity contribution is 7.14. The molecule has 106 valence electrons. The zero-order valence-corrected chi connectivity index (χ0v) is 12.6. The van der Waals surface area contributed by atoms with Gasteiger partial charge in [0.1, 0.15) is 10.7 Å². The fourth-order valence-electron chi connectivity index (χ4n) is 2.44. The number of nitrogens with one attached hydrogen (secondary N) is 1. The van der Waals surface area contributed by atoms with Crippen molar-refractivity contribution < 1.29 is 9.90 Å². The summed E-state index contributed by atoms with van der Waals surface area (Å²) in [7, 11) is 0. The molecule has 0 atom stereocenters. The fraction of sp³-hybridized carbons (Fsp3) is 0.429. The van der Waals surface area contributed by atoms with E-state index in [1.807, 2.05) is 16.8 Å². The second-order valence-electron chi connectivity index (χ2n) is 5.16. The molecule has 1 aliphatic rings. The van der Waals surface area contributed by atoms with Crippen LogP contribution in [0.3, 0.4) is 0 Å². The molecule has 0 radical (unpaired) electrons. The largest absolute Gasteiger partial charge is 0.388 e. The lowest BCUT2D eigenvalue weighted by atomic mass is 10.0. The highest BCUT2D eigenvalue weighted by Gasteiger charge is 2.31. The molecule has 6 heteroatoms. The summed E-state index contributed by atoms with van der Waals surface area (Å²) >= 11 is 3.08. The zero-order valence-electron chi connectivity index (χ0n) is 11.0. The third-order valence-electron chi connectivity index (χ3n) is 3.62. The van der Waals surface area contributed by atoms with Gasteiger partial charge in [-0.25, -0.2) is 4.98 Å². The molecule has 0 aromatic carbocycles. The molecule has 0 spiro atoms. The lowest BCUT2D eigenvalue weighted by Crippen LogP contribution is -2.40. The molecule has 0 aliphatic heterocycles. The van der Waals surface area contributed by atoms with Gasteiger partial charge in [0, 0.05) is 22.9 Å². The van der Waals surface area contributed by atoms with Gasteiger partial charge in [-0.15, -0.1) is 11.3 Å². The number of rotatable bonds is 4. The van der Waals surface area contributed by atoms with Gasteiger partial charge in [-0.3, -0.25) is 4.79 Å². The number of hydrogen-bond acceptors (Lipinski definition) is 5. The summed E-state index contributed by atoms with van der Waals surface area (Å²) < 4.78 is 0. The number of aliphatic hydroxyl groups is 1. The number of thiophene rings is 1. The molecule has 2 aromatic rings. The third kappa shape index (κ3) is 2.92. The molecule has 0 saturated heterocycles. The third-order valence-corrected chi connectivity index (χ3v) is 5.19. The topological polar surface area (TPSA) is 62.2 Å². The second-order valence-corrected chi connectivity index (χ2v) is 6.80. The maximum absolute atomic E-state index is 12.1. The van der Waals surface area contributed by atoms with Crippen LogP contribution in [0.4, 0.5) is 0 Å². The minimum absolute atomic E-state index is 0.206. The first kappa shape index (κ1) is 13.7. The Hall–Kier alpha value is -1.24. The Morgan fingerprint density at radius 2 is 2.20 bits per heavy atom. The van der Waals surface area contributed by atoms with Crippen molar-refractivity contribution in [2.24, 2.45) is 0 Å². The van der Waals surface area contributed by atoms with Crippen LogP contribution >= 0.6 is 22.7 Å². The smallest absolute Gasteiger partial charge is 0.270 e. The van der Waals surface area contributed by atoms with Gasteiger partial charge in [-0.05, 0) is 24.3 Å². The van der Waals surface area contributed by atoms with Gasteiger partial charge in [0.2, 0.25) is 0 Å². The molecule has 2 aromatic heterocycles. The predicted octanol–water partition coefficient (Wildman–Crippen LogP) is 2.91. The minimum atomic E-state index is -0.720. The van der Waals surface area contributed by atoms with E-state index in [-0.39, 0.29) is 5.91 Å². The normalized spacial score (nSPS) is 17.2. The second kappa shape index (κ2) is 5.63. The monoisotopic (exact) mass is 308 g/mol. The van der Waals surface area contributed by atoms with E-state index in [9.17, 15) is 9.90 Å². The first-order chi connectivity index (χ1) is 9.66. The lowest BCUT2D eigenvalue weighted by molar-refractivity contribution is 0.0449. The molecule has 1 amide bonds. The predicted molar refractivity (Wildman–Crippen MR) is 81.2 cm³/mol. The summed E-state index contributed by atoms with van der Waals surface area (Å²) in [6, 6.07) is 1.99. The van der Waals surface area contributed by atoms with Gasteiger partial charge < -0.3 is 10.4 Å². The molecule has 3 rings (SSSR count). The van der Waals surface area contributed by atoms with Crippen LogP contribution < -0.4 is 5.32 Å². The molecule has 0 unspecified atom stereocenters. The van der Waals surface area contributed by atoms with E-state index in [1.165, 1.54) is 11.3 Å². The number of thiazole rings is 1. The van der Waals surface area contributed by atoms with E-state index >= 15 is 0 Å². The summed E-state index contributed by atoms with van der Waals surface area (Å²) in [4.78, 5) is 16.4. The first-order valence-corrected chi connectivity index (χ1v) is 8.47. The molecule has 2 N–H and O–H groups in total. The maximum atomic E-state index is 12.1. The van der Waals surface area contributed by atoms with Crippen LogP contribution in [0.15, 0.2) is 22.2 Å². The van der Waals surface area contributed by atoms with E-state index < -0.39 is 5.60 Å². The van der Waals surface area contributed by atoms with Crippen LogP contribution in [0.5, 0.6) is 0 Å². The Labute approximate surface area is 125 Å². The number of amides is 1. The summed E-state index contributed by atoms with van der Waals surface area (Å²) in [5.74, 6) is -0.206. The van der Waals surface area contributed by atoms with E-state index in [1.54, 1.807) is 16.7 Å². The molecule has 0 bridgehead atoms. The Balaban J connectivity index is 1.63. The van der Waals surface area contributed by atoms with Crippen molar-refractivity contribution in [1.29, 1.82) is 0 Å². The summed E-state index contributed by atoms with van der Waals surface area (Å²) in [6.07, 6.45) is 3.60. The number of hydrogen-bond donors (Lipinski definition) is 2. The first-order valence-electron chi connectivity index (χ1n) is 6.65. The summed E-state index contributed by atoms with van der Waals surface area (Å²) in [5, 5.41) is 19.6. The zero-order chi connectivity index (χ0) is 14.0. The van der Waals surface area contributed by atoms with E-state index in [4.69, 9.17) is 0 Å². The lowest BCUT2D eigenvalue weighted by Gasteiger charge is -2.21. The molecule has 1 fully saturated rings. The van der Waals surface area contributed by atoms with Crippen molar-refractivity contribution in [3.63, 3.8) is 0 Å². The fourth-order valence-corrected chi connectivity index (χ4v) is 3.95. The average Bonchev–Trinajstić information content (AvgIpc) is 3.16. The van der Waals surface area contributed by atoms with Crippen LogP contribution in [-0.4, -0.2) is 28.1 Å². The Morgan fingerprint density at radius 1 is 1.40 bits per heavy atom. The van der Waals surface area contributed by atoms with Gasteiger partial charge >= 0.3 is 0 Å². The SMILES string of the molecule is O=C(NCC1(O)CCCC1)c1csc(-c2ccsc2)n1. The molecule has 1 aliphatic carbocycles. The van der Waals surface area contributed by atoms with Crippen molar-refractivity contribution in [2.75, 3.05) is 6.54 Å². The number of aromatic nitrogens is 1. The van der Waals surface area contributed by atoms with Crippen molar-refractivity contribution in [3.8, 4) is 10.6 Å². The van der Waals surface area contributed by atoms with Crippen LogP contribution in [-0.2, 0) is 0 Å². The molecule has 1 saturated carbocycles. The molecule has 20 heavy (non-hydrogen) atoms. The molecule has 4 nitrogen and oxygen atoms in total. The molecular weight excluding hydrogens is 292 g/mol. The van der Waals surface area contributed by atoms with Crippen molar-refractivity contribution >= 4 is 28.6 Å². The van der Waals surface area contributed by atoms with E-state index in [0.29, 0.717) is 12.2 Å². The quantitative estimate of drug-likeness (QED) is 0.913. The van der Waals surface area contributed by atoms with Crippen LogP contribution in [0.1, 0.15) is 36.2 Å². The van der Waals surface area contributed by atoms with Crippen molar-refractivity contribution in [2.45, 2.75) is 31.3 Å². The van der Waals surface area contributed by atoms with Crippen molar-refractivity contribution in [1.82, 2.24) is 10.3 Å². The van der Waals surface area contributed by atoms with Gasteiger partial charge in [0.15, 0.2) is 0 Å².